The summed E-state index contributed by atoms with van der Waals surface area (Å²) in [6.07, 6.45) is -4.45. The van der Waals surface area contributed by atoms with Gasteiger partial charge < -0.3 is 5.32 Å². The molecule has 0 unspecified atom stereocenters. The first kappa shape index (κ1) is 16.8. The number of rotatable bonds is 3. The van der Waals surface area contributed by atoms with Gasteiger partial charge in [0.05, 0.1) is 16.6 Å². The summed E-state index contributed by atoms with van der Waals surface area (Å²) in [5.74, 6) is 0. The standard InChI is InChI=1S/C16H16ClF3N2S/c17-14-11(3-1-4-12(14)16(18,19)20)15(13-5-2-10-23-13)22-8-6-21-7-9-22/h1-5,10,15,21H,6-9H2/t15-/m0/s1. The Labute approximate surface area is 141 Å². The van der Waals surface area contributed by atoms with E-state index in [1.807, 2.05) is 17.5 Å². The highest BCUT2D eigenvalue weighted by Gasteiger charge is 2.36. The minimum absolute atomic E-state index is 0.197. The van der Waals surface area contributed by atoms with Crippen molar-refractivity contribution in [1.82, 2.24) is 10.2 Å². The average molecular weight is 361 g/mol. The number of nitrogens with one attached hydrogen (secondary N) is 1. The van der Waals surface area contributed by atoms with Gasteiger partial charge >= 0.3 is 6.18 Å². The Balaban J connectivity index is 2.07. The van der Waals surface area contributed by atoms with Crippen LogP contribution in [0.25, 0.3) is 0 Å². The molecular formula is C16H16ClF3N2S. The molecule has 2 heterocycles. The van der Waals surface area contributed by atoms with Crippen LogP contribution < -0.4 is 5.32 Å². The fourth-order valence-corrected chi connectivity index (χ4v) is 4.11. The van der Waals surface area contributed by atoms with E-state index < -0.39 is 11.7 Å². The number of hydrogen-bond donors (Lipinski definition) is 1. The third kappa shape index (κ3) is 3.55. The van der Waals surface area contributed by atoms with Crippen molar-refractivity contribution >= 4 is 22.9 Å². The summed E-state index contributed by atoms with van der Waals surface area (Å²) in [4.78, 5) is 3.19. The molecule has 0 spiro atoms. The van der Waals surface area contributed by atoms with Crippen LogP contribution >= 0.6 is 22.9 Å². The van der Waals surface area contributed by atoms with Crippen LogP contribution in [0, 0.1) is 0 Å². The lowest BCUT2D eigenvalue weighted by Crippen LogP contribution is -2.45. The van der Waals surface area contributed by atoms with Gasteiger partial charge in [-0.2, -0.15) is 13.2 Å². The highest BCUT2D eigenvalue weighted by molar-refractivity contribution is 7.10. The molecule has 1 aromatic carbocycles. The number of benzene rings is 1. The van der Waals surface area contributed by atoms with Gasteiger partial charge in [0.2, 0.25) is 0 Å². The van der Waals surface area contributed by atoms with Crippen LogP contribution in [0.3, 0.4) is 0 Å². The molecule has 2 nitrogen and oxygen atoms in total. The average Bonchev–Trinajstić information content (AvgIpc) is 3.03. The van der Waals surface area contributed by atoms with Gasteiger partial charge in [0.1, 0.15) is 0 Å². The van der Waals surface area contributed by atoms with Gasteiger partial charge in [0.25, 0.3) is 0 Å². The zero-order valence-electron chi connectivity index (χ0n) is 12.2. The number of nitrogens with zero attached hydrogens (tertiary/aromatic N) is 1. The topological polar surface area (TPSA) is 15.3 Å². The molecule has 0 amide bonds. The van der Waals surface area contributed by atoms with Gasteiger partial charge in [0.15, 0.2) is 0 Å². The third-order valence-electron chi connectivity index (χ3n) is 3.96. The SMILES string of the molecule is FC(F)(F)c1cccc([C@@H](c2cccs2)N2CCNCC2)c1Cl. The monoisotopic (exact) mass is 360 g/mol. The lowest BCUT2D eigenvalue weighted by atomic mass is 10.00. The molecule has 1 saturated heterocycles. The molecule has 1 aliphatic rings. The third-order valence-corrected chi connectivity index (χ3v) is 5.30. The Morgan fingerprint density at radius 2 is 1.87 bits per heavy atom. The van der Waals surface area contributed by atoms with Crippen LogP contribution in [0.5, 0.6) is 0 Å². The molecule has 7 heteroatoms. The van der Waals surface area contributed by atoms with Crippen molar-refractivity contribution in [3.63, 3.8) is 0 Å². The minimum Gasteiger partial charge on any atom is -0.314 e. The van der Waals surface area contributed by atoms with Crippen LogP contribution in [-0.4, -0.2) is 31.1 Å². The second kappa shape index (κ2) is 6.81. The van der Waals surface area contributed by atoms with E-state index in [9.17, 15) is 13.2 Å². The molecule has 2 aromatic rings. The van der Waals surface area contributed by atoms with E-state index >= 15 is 0 Å². The van der Waals surface area contributed by atoms with Gasteiger partial charge in [-0.3, -0.25) is 4.90 Å². The zero-order chi connectivity index (χ0) is 16.4. The molecule has 1 aliphatic heterocycles. The molecule has 1 aromatic heterocycles. The Bertz CT molecular complexity index is 652. The van der Waals surface area contributed by atoms with Gasteiger partial charge in [0, 0.05) is 31.1 Å². The first-order chi connectivity index (χ1) is 11.0. The number of hydrogen-bond acceptors (Lipinski definition) is 3. The lowest BCUT2D eigenvalue weighted by Gasteiger charge is -2.35. The van der Waals surface area contributed by atoms with E-state index in [1.54, 1.807) is 6.07 Å². The molecular weight excluding hydrogens is 345 g/mol. The predicted molar refractivity (Wildman–Crippen MR) is 87.1 cm³/mol. The van der Waals surface area contributed by atoms with Gasteiger partial charge in [-0.05, 0) is 23.1 Å². The molecule has 23 heavy (non-hydrogen) atoms. The van der Waals surface area contributed by atoms with Gasteiger partial charge in [-0.25, -0.2) is 0 Å². The maximum absolute atomic E-state index is 13.2. The normalized spacial score (nSPS) is 18.1. The summed E-state index contributed by atoms with van der Waals surface area (Å²) in [7, 11) is 0. The van der Waals surface area contributed by atoms with Crippen molar-refractivity contribution in [2.45, 2.75) is 12.2 Å². The quantitative estimate of drug-likeness (QED) is 0.872. The molecule has 1 atom stereocenters. The van der Waals surface area contributed by atoms with Crippen LogP contribution in [0.1, 0.15) is 22.0 Å². The van der Waals surface area contributed by atoms with Crippen LogP contribution in [0.15, 0.2) is 35.7 Å². The van der Waals surface area contributed by atoms with E-state index in [0.717, 1.165) is 37.1 Å². The summed E-state index contributed by atoms with van der Waals surface area (Å²) in [6, 6.07) is 7.79. The van der Waals surface area contributed by atoms with E-state index in [1.165, 1.54) is 17.4 Å². The van der Waals surface area contributed by atoms with E-state index in [-0.39, 0.29) is 11.1 Å². The second-order valence-electron chi connectivity index (χ2n) is 5.41. The Hall–Kier alpha value is -1.08. The fraction of sp³-hybridized carbons (Fsp3) is 0.375. The number of thiophene rings is 1. The first-order valence-corrected chi connectivity index (χ1v) is 8.58. The van der Waals surface area contributed by atoms with Crippen molar-refractivity contribution in [2.75, 3.05) is 26.2 Å². The van der Waals surface area contributed by atoms with Crippen molar-refractivity contribution in [2.24, 2.45) is 0 Å². The van der Waals surface area contributed by atoms with Crippen molar-refractivity contribution < 1.29 is 13.2 Å². The Morgan fingerprint density at radius 3 is 2.48 bits per heavy atom. The molecule has 0 aliphatic carbocycles. The zero-order valence-corrected chi connectivity index (χ0v) is 13.8. The molecule has 0 bridgehead atoms. The molecule has 1 N–H and O–H groups in total. The first-order valence-electron chi connectivity index (χ1n) is 7.32. The number of halogens is 4. The molecule has 0 saturated carbocycles. The van der Waals surface area contributed by atoms with Crippen LogP contribution in [0.4, 0.5) is 13.2 Å². The summed E-state index contributed by atoms with van der Waals surface area (Å²) < 4.78 is 39.5. The molecule has 124 valence electrons. The summed E-state index contributed by atoms with van der Waals surface area (Å²) in [5.41, 5.74) is -0.251. The van der Waals surface area contributed by atoms with Crippen molar-refractivity contribution in [1.29, 1.82) is 0 Å². The largest absolute Gasteiger partial charge is 0.417 e. The van der Waals surface area contributed by atoms with Gasteiger partial charge in [-0.15, -0.1) is 11.3 Å². The Kier molecular flexibility index (Phi) is 4.96. The fourth-order valence-electron chi connectivity index (χ4n) is 2.90. The molecule has 3 rings (SSSR count). The highest BCUT2D eigenvalue weighted by atomic mass is 35.5. The molecule has 0 radical (unpaired) electrons. The van der Waals surface area contributed by atoms with Crippen molar-refractivity contribution in [3.8, 4) is 0 Å². The highest BCUT2D eigenvalue weighted by Crippen LogP contribution is 2.41. The van der Waals surface area contributed by atoms with E-state index in [4.69, 9.17) is 11.6 Å². The van der Waals surface area contributed by atoms with Crippen LogP contribution in [-0.2, 0) is 6.18 Å². The van der Waals surface area contributed by atoms with Crippen molar-refractivity contribution in [3.05, 3.63) is 56.7 Å². The summed E-state index contributed by atoms with van der Waals surface area (Å²) in [6.45, 7) is 3.18. The summed E-state index contributed by atoms with van der Waals surface area (Å²) >= 11 is 7.71. The smallest absolute Gasteiger partial charge is 0.314 e. The van der Waals surface area contributed by atoms with Crippen LogP contribution in [0.2, 0.25) is 5.02 Å². The van der Waals surface area contributed by atoms with E-state index in [2.05, 4.69) is 10.2 Å². The summed E-state index contributed by atoms with van der Waals surface area (Å²) in [5, 5.41) is 5.00. The van der Waals surface area contributed by atoms with Gasteiger partial charge in [-0.1, -0.05) is 29.8 Å². The van der Waals surface area contributed by atoms with E-state index in [0.29, 0.717) is 5.56 Å². The maximum atomic E-state index is 13.2. The predicted octanol–water partition coefficient (Wildman–Crippen LogP) is 4.41. The Morgan fingerprint density at radius 1 is 1.13 bits per heavy atom. The second-order valence-corrected chi connectivity index (χ2v) is 6.77. The number of alkyl halides is 3. The maximum Gasteiger partial charge on any atom is 0.417 e. The lowest BCUT2D eigenvalue weighted by molar-refractivity contribution is -0.137. The minimum atomic E-state index is -4.45. The number of piperazine rings is 1. The molecule has 1 fully saturated rings.